The van der Waals surface area contributed by atoms with Crippen molar-refractivity contribution in [2.24, 2.45) is 0 Å². The molecule has 1 atom stereocenters. The third kappa shape index (κ3) is 5.21. The third-order valence-corrected chi connectivity index (χ3v) is 6.52. The molecule has 0 radical (unpaired) electrons. The summed E-state index contributed by atoms with van der Waals surface area (Å²) in [4.78, 5) is 15.0. The first-order valence-electron chi connectivity index (χ1n) is 11.4. The second kappa shape index (κ2) is 9.31. The number of rotatable bonds is 6. The lowest BCUT2D eigenvalue weighted by Crippen LogP contribution is -2.50. The van der Waals surface area contributed by atoms with Gasteiger partial charge < -0.3 is 14.8 Å². The fourth-order valence-corrected chi connectivity index (χ4v) is 4.95. The molecular formula is C26H34N2O3. The van der Waals surface area contributed by atoms with Crippen LogP contribution < -0.4 is 14.8 Å². The highest BCUT2D eigenvalue weighted by atomic mass is 16.5. The van der Waals surface area contributed by atoms with Crippen molar-refractivity contribution in [2.45, 2.75) is 63.6 Å². The van der Waals surface area contributed by atoms with Gasteiger partial charge >= 0.3 is 0 Å². The Labute approximate surface area is 185 Å². The van der Waals surface area contributed by atoms with Crippen molar-refractivity contribution < 1.29 is 14.3 Å². The predicted molar refractivity (Wildman–Crippen MR) is 123 cm³/mol. The summed E-state index contributed by atoms with van der Waals surface area (Å²) in [7, 11) is 1.70. The summed E-state index contributed by atoms with van der Waals surface area (Å²) in [5.74, 6) is 2.18. The number of carbonyl (C=O) groups excluding carboxylic acids is 1. The van der Waals surface area contributed by atoms with Gasteiger partial charge in [0.1, 0.15) is 17.1 Å². The van der Waals surface area contributed by atoms with Gasteiger partial charge in [-0.25, -0.2) is 0 Å². The van der Waals surface area contributed by atoms with E-state index < -0.39 is 0 Å². The number of hydrogen-bond acceptors (Lipinski definition) is 4. The van der Waals surface area contributed by atoms with Crippen LogP contribution in [0.25, 0.3) is 0 Å². The van der Waals surface area contributed by atoms with E-state index in [2.05, 4.69) is 34.5 Å². The standard InChI is InChI=1S/C26H34N2O3/c1-19(2)27-25(29)16-21-17-26(31-24-7-5-4-6-23(21)24)12-14-28(15-13-26)18-20-8-10-22(30-3)11-9-20/h4-11,19,21H,12-18H2,1-3H3,(H,27,29)/t21-/m1/s1. The van der Waals surface area contributed by atoms with E-state index in [0.29, 0.717) is 6.42 Å². The topological polar surface area (TPSA) is 50.8 Å². The second-order valence-corrected chi connectivity index (χ2v) is 9.27. The summed E-state index contributed by atoms with van der Waals surface area (Å²) < 4.78 is 11.9. The number of nitrogens with one attached hydrogen (secondary N) is 1. The first-order chi connectivity index (χ1) is 15.0. The number of likely N-dealkylation sites (tertiary alicyclic amines) is 1. The van der Waals surface area contributed by atoms with Crippen LogP contribution in [0.4, 0.5) is 0 Å². The van der Waals surface area contributed by atoms with Gasteiger partial charge in [-0.2, -0.15) is 0 Å². The van der Waals surface area contributed by atoms with Crippen LogP contribution in [0.3, 0.4) is 0 Å². The number of methoxy groups -OCH3 is 1. The van der Waals surface area contributed by atoms with E-state index in [1.165, 1.54) is 11.1 Å². The molecule has 2 aliphatic rings. The Morgan fingerprint density at radius 2 is 1.87 bits per heavy atom. The number of para-hydroxylation sites is 1. The summed E-state index contributed by atoms with van der Waals surface area (Å²) in [6, 6.07) is 16.7. The molecular weight excluding hydrogens is 388 g/mol. The molecule has 1 fully saturated rings. The van der Waals surface area contributed by atoms with E-state index in [-0.39, 0.29) is 23.5 Å². The van der Waals surface area contributed by atoms with Gasteiger partial charge in [-0.1, -0.05) is 30.3 Å². The number of piperidine rings is 1. The van der Waals surface area contributed by atoms with Crippen LogP contribution in [0.15, 0.2) is 48.5 Å². The van der Waals surface area contributed by atoms with Gasteiger partial charge in [0.05, 0.1) is 7.11 Å². The molecule has 1 spiro atoms. The van der Waals surface area contributed by atoms with E-state index in [1.54, 1.807) is 7.11 Å². The highest BCUT2D eigenvalue weighted by Crippen LogP contribution is 2.46. The number of hydrogen-bond donors (Lipinski definition) is 1. The van der Waals surface area contributed by atoms with Crippen molar-refractivity contribution in [1.82, 2.24) is 10.2 Å². The van der Waals surface area contributed by atoms with Crippen LogP contribution in [0.2, 0.25) is 0 Å². The summed E-state index contributed by atoms with van der Waals surface area (Å²) in [6.45, 7) is 6.96. The molecule has 0 aromatic heterocycles. The monoisotopic (exact) mass is 422 g/mol. The van der Waals surface area contributed by atoms with Gasteiger partial charge in [0.25, 0.3) is 0 Å². The molecule has 0 aliphatic carbocycles. The van der Waals surface area contributed by atoms with Gasteiger partial charge in [0, 0.05) is 38.0 Å². The van der Waals surface area contributed by atoms with Gasteiger partial charge in [-0.3, -0.25) is 9.69 Å². The van der Waals surface area contributed by atoms with E-state index in [9.17, 15) is 4.79 Å². The van der Waals surface area contributed by atoms with E-state index in [4.69, 9.17) is 9.47 Å². The Morgan fingerprint density at radius 3 is 2.55 bits per heavy atom. The van der Waals surface area contributed by atoms with E-state index >= 15 is 0 Å². The van der Waals surface area contributed by atoms with Crippen molar-refractivity contribution in [3.8, 4) is 11.5 Å². The highest BCUT2D eigenvalue weighted by Gasteiger charge is 2.43. The quantitative estimate of drug-likeness (QED) is 0.744. The number of amides is 1. The van der Waals surface area contributed by atoms with Crippen molar-refractivity contribution >= 4 is 5.91 Å². The first-order valence-corrected chi connectivity index (χ1v) is 11.4. The lowest BCUT2D eigenvalue weighted by molar-refractivity contribution is -0.122. The number of ether oxygens (including phenoxy) is 2. The molecule has 2 aliphatic heterocycles. The molecule has 1 amide bonds. The van der Waals surface area contributed by atoms with Gasteiger partial charge in [-0.05, 0) is 62.4 Å². The molecule has 0 saturated carbocycles. The molecule has 31 heavy (non-hydrogen) atoms. The van der Waals surface area contributed by atoms with Crippen molar-refractivity contribution in [3.05, 3.63) is 59.7 Å². The molecule has 1 saturated heterocycles. The fraction of sp³-hybridized carbons (Fsp3) is 0.500. The zero-order chi connectivity index (χ0) is 21.8. The number of benzene rings is 2. The molecule has 2 aromatic carbocycles. The smallest absolute Gasteiger partial charge is 0.220 e. The first kappa shape index (κ1) is 21.7. The van der Waals surface area contributed by atoms with Crippen LogP contribution in [0.1, 0.15) is 56.6 Å². The molecule has 0 bridgehead atoms. The average molecular weight is 423 g/mol. The van der Waals surface area contributed by atoms with Gasteiger partial charge in [-0.15, -0.1) is 0 Å². The van der Waals surface area contributed by atoms with Gasteiger partial charge in [0.15, 0.2) is 0 Å². The molecule has 1 N–H and O–H groups in total. The molecule has 2 heterocycles. The summed E-state index contributed by atoms with van der Waals surface area (Å²) in [6.07, 6.45) is 3.40. The van der Waals surface area contributed by atoms with Crippen molar-refractivity contribution in [3.63, 3.8) is 0 Å². The maximum atomic E-state index is 12.5. The minimum Gasteiger partial charge on any atom is -0.497 e. The average Bonchev–Trinajstić information content (AvgIpc) is 2.75. The van der Waals surface area contributed by atoms with Crippen LogP contribution in [-0.4, -0.2) is 42.6 Å². The fourth-order valence-electron chi connectivity index (χ4n) is 4.95. The minimum atomic E-state index is -0.173. The maximum absolute atomic E-state index is 12.5. The van der Waals surface area contributed by atoms with Crippen molar-refractivity contribution in [1.29, 1.82) is 0 Å². The summed E-state index contributed by atoms with van der Waals surface area (Å²) in [5.41, 5.74) is 2.30. The zero-order valence-electron chi connectivity index (χ0n) is 18.9. The van der Waals surface area contributed by atoms with Crippen LogP contribution in [-0.2, 0) is 11.3 Å². The molecule has 4 rings (SSSR count). The van der Waals surface area contributed by atoms with E-state index in [1.807, 2.05) is 38.1 Å². The lowest BCUT2D eigenvalue weighted by atomic mass is 9.76. The maximum Gasteiger partial charge on any atom is 0.220 e. The molecule has 0 unspecified atom stereocenters. The minimum absolute atomic E-state index is 0.129. The number of fused-ring (bicyclic) bond motifs is 1. The second-order valence-electron chi connectivity index (χ2n) is 9.27. The molecule has 166 valence electrons. The van der Waals surface area contributed by atoms with Crippen LogP contribution in [0, 0.1) is 0 Å². The SMILES string of the molecule is COc1ccc(CN2CCC3(CC2)C[C@@H](CC(=O)NC(C)C)c2ccccc2O3)cc1. The molecule has 2 aromatic rings. The highest BCUT2D eigenvalue weighted by molar-refractivity contribution is 5.77. The zero-order valence-corrected chi connectivity index (χ0v) is 18.9. The molecule has 5 heteroatoms. The molecule has 5 nitrogen and oxygen atoms in total. The lowest BCUT2D eigenvalue weighted by Gasteiger charge is -2.47. The van der Waals surface area contributed by atoms with Crippen molar-refractivity contribution in [2.75, 3.05) is 20.2 Å². The van der Waals surface area contributed by atoms with Crippen LogP contribution in [0.5, 0.6) is 11.5 Å². The van der Waals surface area contributed by atoms with Crippen LogP contribution >= 0.6 is 0 Å². The third-order valence-electron chi connectivity index (χ3n) is 6.52. The number of carbonyl (C=O) groups is 1. The Bertz CT molecular complexity index is 886. The summed E-state index contributed by atoms with van der Waals surface area (Å²) >= 11 is 0. The Kier molecular flexibility index (Phi) is 6.51. The Balaban J connectivity index is 1.42. The number of nitrogens with zero attached hydrogens (tertiary/aromatic N) is 1. The van der Waals surface area contributed by atoms with E-state index in [0.717, 1.165) is 50.4 Å². The predicted octanol–water partition coefficient (Wildman–Crippen LogP) is 4.51. The van der Waals surface area contributed by atoms with Gasteiger partial charge in [0.2, 0.25) is 5.91 Å². The Morgan fingerprint density at radius 1 is 1.16 bits per heavy atom. The summed E-state index contributed by atoms with van der Waals surface area (Å²) in [5, 5.41) is 3.06. The normalized spacial score (nSPS) is 20.2. The Hall–Kier alpha value is -2.53. The largest absolute Gasteiger partial charge is 0.497 e.